The molecular formula is C15H24BrNO3. The first-order valence-corrected chi connectivity index (χ1v) is 7.70. The fourth-order valence-corrected chi connectivity index (χ4v) is 2.84. The van der Waals surface area contributed by atoms with Crippen LogP contribution < -0.4 is 14.8 Å². The number of benzene rings is 1. The first kappa shape index (κ1) is 17.3. The van der Waals surface area contributed by atoms with Gasteiger partial charge in [-0.05, 0) is 48.0 Å². The highest BCUT2D eigenvalue weighted by molar-refractivity contribution is 9.10. The molecule has 0 bridgehead atoms. The second-order valence-corrected chi connectivity index (χ2v) is 5.09. The van der Waals surface area contributed by atoms with Crippen LogP contribution in [0.2, 0.25) is 0 Å². The van der Waals surface area contributed by atoms with Gasteiger partial charge in [0.15, 0.2) is 0 Å². The first-order chi connectivity index (χ1) is 9.69. The van der Waals surface area contributed by atoms with Gasteiger partial charge in [0.25, 0.3) is 0 Å². The summed E-state index contributed by atoms with van der Waals surface area (Å²) >= 11 is 3.54. The van der Waals surface area contributed by atoms with Gasteiger partial charge in [-0.25, -0.2) is 0 Å². The van der Waals surface area contributed by atoms with Crippen molar-refractivity contribution >= 4 is 15.9 Å². The Morgan fingerprint density at radius 1 is 1.20 bits per heavy atom. The van der Waals surface area contributed by atoms with Gasteiger partial charge < -0.3 is 19.5 Å². The van der Waals surface area contributed by atoms with Crippen molar-refractivity contribution < 1.29 is 14.2 Å². The van der Waals surface area contributed by atoms with Crippen LogP contribution in [0.4, 0.5) is 0 Å². The Bertz CT molecular complexity index is 412. The summed E-state index contributed by atoms with van der Waals surface area (Å²) in [4.78, 5) is 0. The molecule has 0 saturated carbocycles. The van der Waals surface area contributed by atoms with E-state index >= 15 is 0 Å². The molecule has 0 aromatic heterocycles. The van der Waals surface area contributed by atoms with Gasteiger partial charge in [0.2, 0.25) is 0 Å². The summed E-state index contributed by atoms with van der Waals surface area (Å²) in [5.41, 5.74) is 1.11. The lowest BCUT2D eigenvalue weighted by Crippen LogP contribution is -2.23. The zero-order valence-corrected chi connectivity index (χ0v) is 14.2. The lowest BCUT2D eigenvalue weighted by atomic mass is 10.0. The van der Waals surface area contributed by atoms with Crippen LogP contribution in [0.15, 0.2) is 16.6 Å². The summed E-state index contributed by atoms with van der Waals surface area (Å²) in [7, 11) is 3.32. The third-order valence-electron chi connectivity index (χ3n) is 3.10. The van der Waals surface area contributed by atoms with Gasteiger partial charge in [0, 0.05) is 24.8 Å². The SMILES string of the molecule is CCNC(CCOCC)c1ccc(OC)c(Br)c1OC. The summed E-state index contributed by atoms with van der Waals surface area (Å²) < 4.78 is 17.2. The van der Waals surface area contributed by atoms with Gasteiger partial charge in [-0.2, -0.15) is 0 Å². The Kier molecular flexibility index (Phi) is 7.95. The number of nitrogens with one attached hydrogen (secondary N) is 1. The summed E-state index contributed by atoms with van der Waals surface area (Å²) in [6, 6.07) is 4.19. The molecule has 0 fully saturated rings. The van der Waals surface area contributed by atoms with E-state index in [2.05, 4.69) is 28.2 Å². The molecule has 1 rings (SSSR count). The Morgan fingerprint density at radius 3 is 2.50 bits per heavy atom. The predicted octanol–water partition coefficient (Wildman–Crippen LogP) is 3.54. The minimum atomic E-state index is 0.198. The lowest BCUT2D eigenvalue weighted by molar-refractivity contribution is 0.136. The van der Waals surface area contributed by atoms with E-state index in [4.69, 9.17) is 14.2 Å². The lowest BCUT2D eigenvalue weighted by Gasteiger charge is -2.22. The van der Waals surface area contributed by atoms with Crippen molar-refractivity contribution in [3.05, 3.63) is 22.2 Å². The number of ether oxygens (including phenoxy) is 3. The van der Waals surface area contributed by atoms with Gasteiger partial charge >= 0.3 is 0 Å². The fourth-order valence-electron chi connectivity index (χ4n) is 2.15. The van der Waals surface area contributed by atoms with Crippen LogP contribution in [0.1, 0.15) is 31.9 Å². The molecule has 1 N–H and O–H groups in total. The van der Waals surface area contributed by atoms with Crippen LogP contribution >= 0.6 is 15.9 Å². The van der Waals surface area contributed by atoms with E-state index in [1.807, 2.05) is 19.1 Å². The second kappa shape index (κ2) is 9.21. The topological polar surface area (TPSA) is 39.7 Å². The van der Waals surface area contributed by atoms with E-state index in [0.29, 0.717) is 0 Å². The fraction of sp³-hybridized carbons (Fsp3) is 0.600. The van der Waals surface area contributed by atoms with Crippen LogP contribution in [0, 0.1) is 0 Å². The number of halogens is 1. The molecule has 0 radical (unpaired) electrons. The molecule has 5 heteroatoms. The summed E-state index contributed by atoms with van der Waals surface area (Å²) in [6.45, 7) is 6.46. The van der Waals surface area contributed by atoms with Crippen molar-refractivity contribution in [2.75, 3.05) is 34.0 Å². The monoisotopic (exact) mass is 345 g/mol. The molecule has 0 aliphatic carbocycles. The van der Waals surface area contributed by atoms with Gasteiger partial charge in [-0.1, -0.05) is 6.92 Å². The molecular weight excluding hydrogens is 322 g/mol. The molecule has 114 valence electrons. The Labute approximate surface area is 129 Å². The Morgan fingerprint density at radius 2 is 1.95 bits per heavy atom. The highest BCUT2D eigenvalue weighted by atomic mass is 79.9. The predicted molar refractivity (Wildman–Crippen MR) is 84.8 cm³/mol. The van der Waals surface area contributed by atoms with Gasteiger partial charge in [-0.3, -0.25) is 0 Å². The molecule has 0 aliphatic rings. The third kappa shape index (κ3) is 4.36. The maximum atomic E-state index is 5.54. The molecule has 1 unspecified atom stereocenters. The van der Waals surface area contributed by atoms with Crippen LogP contribution in [-0.4, -0.2) is 34.0 Å². The molecule has 4 nitrogen and oxygen atoms in total. The average Bonchev–Trinajstić information content (AvgIpc) is 2.46. The maximum absolute atomic E-state index is 5.54. The summed E-state index contributed by atoms with van der Waals surface area (Å²) in [5, 5.41) is 3.48. The molecule has 0 heterocycles. The smallest absolute Gasteiger partial charge is 0.141 e. The quantitative estimate of drug-likeness (QED) is 0.695. The van der Waals surface area contributed by atoms with E-state index in [9.17, 15) is 0 Å². The van der Waals surface area contributed by atoms with Crippen LogP contribution in [0.25, 0.3) is 0 Å². The van der Waals surface area contributed by atoms with Gasteiger partial charge in [0.1, 0.15) is 16.0 Å². The van der Waals surface area contributed by atoms with Crippen molar-refractivity contribution in [1.29, 1.82) is 0 Å². The number of rotatable bonds is 9. The highest BCUT2D eigenvalue weighted by Gasteiger charge is 2.19. The van der Waals surface area contributed by atoms with Crippen molar-refractivity contribution in [1.82, 2.24) is 5.32 Å². The van der Waals surface area contributed by atoms with Crippen molar-refractivity contribution in [3.63, 3.8) is 0 Å². The Balaban J connectivity index is 3.02. The summed E-state index contributed by atoms with van der Waals surface area (Å²) in [6.07, 6.45) is 0.900. The summed E-state index contributed by atoms with van der Waals surface area (Å²) in [5.74, 6) is 1.58. The second-order valence-electron chi connectivity index (χ2n) is 4.30. The number of hydrogen-bond donors (Lipinski definition) is 1. The normalized spacial score (nSPS) is 12.2. The van der Waals surface area contributed by atoms with E-state index in [-0.39, 0.29) is 6.04 Å². The van der Waals surface area contributed by atoms with E-state index in [0.717, 1.165) is 47.7 Å². The molecule has 0 amide bonds. The number of methoxy groups -OCH3 is 2. The molecule has 0 spiro atoms. The van der Waals surface area contributed by atoms with Crippen molar-refractivity contribution in [3.8, 4) is 11.5 Å². The van der Waals surface area contributed by atoms with Crippen LogP contribution in [-0.2, 0) is 4.74 Å². The minimum absolute atomic E-state index is 0.198. The van der Waals surface area contributed by atoms with Crippen molar-refractivity contribution in [2.45, 2.75) is 26.3 Å². The Hall–Kier alpha value is -0.780. The number of hydrogen-bond acceptors (Lipinski definition) is 4. The molecule has 1 atom stereocenters. The maximum Gasteiger partial charge on any atom is 0.141 e. The van der Waals surface area contributed by atoms with Gasteiger partial charge in [-0.15, -0.1) is 0 Å². The van der Waals surface area contributed by atoms with E-state index in [1.165, 1.54) is 0 Å². The zero-order chi connectivity index (χ0) is 15.0. The van der Waals surface area contributed by atoms with Crippen molar-refractivity contribution in [2.24, 2.45) is 0 Å². The molecule has 1 aromatic carbocycles. The zero-order valence-electron chi connectivity index (χ0n) is 12.7. The van der Waals surface area contributed by atoms with Crippen LogP contribution in [0.3, 0.4) is 0 Å². The highest BCUT2D eigenvalue weighted by Crippen LogP contribution is 2.40. The third-order valence-corrected chi connectivity index (χ3v) is 3.85. The van der Waals surface area contributed by atoms with Gasteiger partial charge in [0.05, 0.1) is 14.2 Å². The van der Waals surface area contributed by atoms with E-state index < -0.39 is 0 Å². The molecule has 20 heavy (non-hydrogen) atoms. The first-order valence-electron chi connectivity index (χ1n) is 6.91. The molecule has 0 aliphatic heterocycles. The van der Waals surface area contributed by atoms with Crippen LogP contribution in [0.5, 0.6) is 11.5 Å². The van der Waals surface area contributed by atoms with E-state index in [1.54, 1.807) is 14.2 Å². The molecule has 1 aromatic rings. The minimum Gasteiger partial charge on any atom is -0.495 e. The average molecular weight is 346 g/mol. The molecule has 0 saturated heterocycles. The standard InChI is InChI=1S/C15H24BrNO3/c1-5-17-12(9-10-20-6-2)11-7-8-13(18-3)14(16)15(11)19-4/h7-8,12,17H,5-6,9-10H2,1-4H3. The largest absolute Gasteiger partial charge is 0.495 e.